The Labute approximate surface area is 171 Å². The summed E-state index contributed by atoms with van der Waals surface area (Å²) in [6.07, 6.45) is 3.16. The van der Waals surface area contributed by atoms with Gasteiger partial charge in [0.25, 0.3) is 0 Å². The van der Waals surface area contributed by atoms with Crippen molar-refractivity contribution >= 4 is 39.2 Å². The van der Waals surface area contributed by atoms with E-state index in [0.717, 1.165) is 32.1 Å². The van der Waals surface area contributed by atoms with Gasteiger partial charge < -0.3 is 9.73 Å². The number of amides is 1. The number of furan rings is 1. The summed E-state index contributed by atoms with van der Waals surface area (Å²) in [7, 11) is 0. The van der Waals surface area contributed by atoms with E-state index in [2.05, 4.69) is 51.9 Å². The number of carbonyl (C=O) groups is 1. The molecule has 7 heteroatoms. The van der Waals surface area contributed by atoms with Crippen LogP contribution in [0.3, 0.4) is 0 Å². The fourth-order valence-electron chi connectivity index (χ4n) is 2.93. The van der Waals surface area contributed by atoms with Crippen LogP contribution in [-0.2, 0) is 4.79 Å². The Bertz CT molecular complexity index is 1090. The molecule has 1 amide bonds. The summed E-state index contributed by atoms with van der Waals surface area (Å²) in [6, 6.07) is 11.9. The van der Waals surface area contributed by atoms with Gasteiger partial charge in [-0.05, 0) is 31.5 Å². The van der Waals surface area contributed by atoms with Crippen molar-refractivity contribution in [2.75, 3.05) is 5.75 Å². The molecule has 4 rings (SSSR count). The molecule has 1 atom stereocenters. The lowest BCUT2D eigenvalue weighted by atomic mass is 10.1. The van der Waals surface area contributed by atoms with Gasteiger partial charge in [-0.15, -0.1) is 11.3 Å². The second-order valence-electron chi connectivity index (χ2n) is 6.47. The highest BCUT2D eigenvalue weighted by atomic mass is 32.2. The fraction of sp³-hybridized carbons (Fsp3) is 0.190. The molecule has 0 radical (unpaired) electrons. The van der Waals surface area contributed by atoms with Crippen molar-refractivity contribution in [1.82, 2.24) is 15.3 Å². The Hall–Kier alpha value is -2.64. The Balaban J connectivity index is 1.53. The number of benzene rings is 1. The maximum Gasteiger partial charge on any atom is 0.230 e. The first-order chi connectivity index (χ1) is 13.6. The molecule has 0 saturated heterocycles. The minimum Gasteiger partial charge on any atom is -0.467 e. The number of nitrogens with one attached hydrogen (secondary N) is 1. The number of rotatable bonds is 6. The van der Waals surface area contributed by atoms with Crippen LogP contribution in [0.25, 0.3) is 21.3 Å². The number of aromatic nitrogens is 2. The molecule has 1 aromatic carbocycles. The average molecular weight is 410 g/mol. The molecule has 3 heterocycles. The van der Waals surface area contributed by atoms with E-state index in [-0.39, 0.29) is 17.7 Å². The zero-order valence-corrected chi connectivity index (χ0v) is 17.1. The zero-order valence-electron chi connectivity index (χ0n) is 15.5. The number of carbonyl (C=O) groups excluding carboxylic acids is 1. The topological polar surface area (TPSA) is 68.0 Å². The quantitative estimate of drug-likeness (QED) is 0.349. The lowest BCUT2D eigenvalue weighted by Gasteiger charge is -2.11. The van der Waals surface area contributed by atoms with Crippen LogP contribution in [0.2, 0.25) is 0 Å². The van der Waals surface area contributed by atoms with Crippen LogP contribution in [0.1, 0.15) is 24.3 Å². The van der Waals surface area contributed by atoms with Crippen molar-refractivity contribution < 1.29 is 9.21 Å². The smallest absolute Gasteiger partial charge is 0.230 e. The number of aryl methyl sites for hydroxylation is 1. The van der Waals surface area contributed by atoms with Gasteiger partial charge in [-0.3, -0.25) is 4.79 Å². The molecule has 3 aromatic heterocycles. The maximum atomic E-state index is 12.4. The van der Waals surface area contributed by atoms with E-state index in [0.29, 0.717) is 0 Å². The SMILES string of the molecule is Cc1ccc(-c2csc3ncnc(SCC(=O)NC(C)c4ccco4)c23)cc1. The van der Waals surface area contributed by atoms with E-state index in [4.69, 9.17) is 4.42 Å². The third-order valence-electron chi connectivity index (χ3n) is 4.39. The number of fused-ring (bicyclic) bond motifs is 1. The summed E-state index contributed by atoms with van der Waals surface area (Å²) >= 11 is 3.02. The molecule has 142 valence electrons. The number of thioether (sulfide) groups is 1. The first-order valence-corrected chi connectivity index (χ1v) is 10.7. The molecule has 28 heavy (non-hydrogen) atoms. The van der Waals surface area contributed by atoms with Gasteiger partial charge in [-0.1, -0.05) is 41.6 Å². The molecule has 1 unspecified atom stereocenters. The average Bonchev–Trinajstić information content (AvgIpc) is 3.37. The van der Waals surface area contributed by atoms with Crippen molar-refractivity contribution in [1.29, 1.82) is 0 Å². The van der Waals surface area contributed by atoms with Gasteiger partial charge >= 0.3 is 0 Å². The summed E-state index contributed by atoms with van der Waals surface area (Å²) in [5.74, 6) is 0.954. The third kappa shape index (κ3) is 3.95. The molecule has 0 aliphatic rings. The second-order valence-corrected chi connectivity index (χ2v) is 8.29. The predicted molar refractivity (Wildman–Crippen MR) is 114 cm³/mol. The molecule has 1 N–H and O–H groups in total. The molecule has 0 fully saturated rings. The fourth-order valence-corrected chi connectivity index (χ4v) is 4.73. The van der Waals surface area contributed by atoms with Crippen LogP contribution < -0.4 is 5.32 Å². The zero-order chi connectivity index (χ0) is 19.5. The summed E-state index contributed by atoms with van der Waals surface area (Å²) in [4.78, 5) is 22.1. The van der Waals surface area contributed by atoms with E-state index in [1.807, 2.05) is 19.1 Å². The molecular formula is C21H19N3O2S2. The highest BCUT2D eigenvalue weighted by molar-refractivity contribution is 8.00. The van der Waals surface area contributed by atoms with Crippen molar-refractivity contribution in [2.24, 2.45) is 0 Å². The molecule has 0 aliphatic heterocycles. The predicted octanol–water partition coefficient (Wildman–Crippen LogP) is 5.23. The highest BCUT2D eigenvalue weighted by Gasteiger charge is 2.16. The Morgan fingerprint density at radius 2 is 2.07 bits per heavy atom. The standard InChI is InChI=1S/C21H19N3O2S2/c1-13-5-7-15(8-6-13)16-10-27-20-19(16)21(23-12-22-20)28-11-18(25)24-14(2)17-4-3-9-26-17/h3-10,12,14H,11H2,1-2H3,(H,24,25). The Morgan fingerprint density at radius 1 is 1.25 bits per heavy atom. The van der Waals surface area contributed by atoms with E-state index in [9.17, 15) is 4.79 Å². The van der Waals surface area contributed by atoms with Gasteiger partial charge in [0, 0.05) is 10.9 Å². The van der Waals surface area contributed by atoms with E-state index < -0.39 is 0 Å². The van der Waals surface area contributed by atoms with Crippen LogP contribution in [0.5, 0.6) is 0 Å². The third-order valence-corrected chi connectivity index (χ3v) is 6.26. The first-order valence-electron chi connectivity index (χ1n) is 8.86. The minimum atomic E-state index is -0.169. The lowest BCUT2D eigenvalue weighted by Crippen LogP contribution is -2.27. The normalized spacial score (nSPS) is 12.2. The molecule has 0 aliphatic carbocycles. The number of hydrogen-bond acceptors (Lipinski definition) is 6. The van der Waals surface area contributed by atoms with E-state index in [1.165, 1.54) is 17.3 Å². The largest absolute Gasteiger partial charge is 0.467 e. The van der Waals surface area contributed by atoms with Crippen LogP contribution in [-0.4, -0.2) is 21.6 Å². The van der Waals surface area contributed by atoms with Gasteiger partial charge in [-0.2, -0.15) is 0 Å². The number of hydrogen-bond donors (Lipinski definition) is 1. The first kappa shape index (κ1) is 18.7. The Kier molecular flexibility index (Phi) is 5.45. The van der Waals surface area contributed by atoms with Crippen LogP contribution in [0.15, 0.2) is 63.8 Å². The van der Waals surface area contributed by atoms with Crippen LogP contribution in [0, 0.1) is 6.92 Å². The van der Waals surface area contributed by atoms with Crippen molar-refractivity contribution in [3.8, 4) is 11.1 Å². The second kappa shape index (κ2) is 8.16. The van der Waals surface area contributed by atoms with Crippen LogP contribution >= 0.6 is 23.1 Å². The van der Waals surface area contributed by atoms with Gasteiger partial charge in [0.1, 0.15) is 21.9 Å². The van der Waals surface area contributed by atoms with E-state index >= 15 is 0 Å². The van der Waals surface area contributed by atoms with Crippen molar-refractivity contribution in [3.63, 3.8) is 0 Å². The maximum absolute atomic E-state index is 12.4. The van der Waals surface area contributed by atoms with Gasteiger partial charge in [0.2, 0.25) is 5.91 Å². The summed E-state index contributed by atoms with van der Waals surface area (Å²) in [5, 5.41) is 6.89. The van der Waals surface area contributed by atoms with Gasteiger partial charge in [-0.25, -0.2) is 9.97 Å². The van der Waals surface area contributed by atoms with Gasteiger partial charge in [0.05, 0.1) is 23.4 Å². The minimum absolute atomic E-state index is 0.0622. The molecular weight excluding hydrogens is 390 g/mol. The monoisotopic (exact) mass is 409 g/mol. The molecule has 0 bridgehead atoms. The molecule has 0 saturated carbocycles. The number of nitrogens with zero attached hydrogens (tertiary/aromatic N) is 2. The summed E-state index contributed by atoms with van der Waals surface area (Å²) in [6.45, 7) is 3.97. The molecule has 4 aromatic rings. The van der Waals surface area contributed by atoms with Crippen molar-refractivity contribution in [2.45, 2.75) is 24.9 Å². The molecule has 5 nitrogen and oxygen atoms in total. The summed E-state index contributed by atoms with van der Waals surface area (Å²) < 4.78 is 5.34. The molecule has 0 spiro atoms. The van der Waals surface area contributed by atoms with E-state index in [1.54, 1.807) is 23.9 Å². The van der Waals surface area contributed by atoms with Crippen molar-refractivity contribution in [3.05, 3.63) is 65.7 Å². The lowest BCUT2D eigenvalue weighted by molar-refractivity contribution is -0.119. The Morgan fingerprint density at radius 3 is 2.82 bits per heavy atom. The van der Waals surface area contributed by atoms with Gasteiger partial charge in [0.15, 0.2) is 0 Å². The summed E-state index contributed by atoms with van der Waals surface area (Å²) in [5.41, 5.74) is 3.45. The highest BCUT2D eigenvalue weighted by Crippen LogP contribution is 2.37. The van der Waals surface area contributed by atoms with Crippen LogP contribution in [0.4, 0.5) is 0 Å². The number of thiophene rings is 1.